The van der Waals surface area contributed by atoms with E-state index in [1.54, 1.807) is 19.2 Å². The van der Waals surface area contributed by atoms with E-state index in [0.717, 1.165) is 5.76 Å². The largest absolute Gasteiger partial charge is 0.443 e. The summed E-state index contributed by atoms with van der Waals surface area (Å²) < 4.78 is 5.63. The molecule has 0 radical (unpaired) electrons. The Labute approximate surface area is 122 Å². The molecule has 0 saturated heterocycles. The van der Waals surface area contributed by atoms with E-state index in [9.17, 15) is 10.1 Å². The number of rotatable bonds is 4. The van der Waals surface area contributed by atoms with Crippen molar-refractivity contribution in [3.63, 3.8) is 0 Å². The quantitative estimate of drug-likeness (QED) is 0.686. The summed E-state index contributed by atoms with van der Waals surface area (Å²) in [5, 5.41) is 14.0. The summed E-state index contributed by atoms with van der Waals surface area (Å²) in [4.78, 5) is 18.8. The van der Waals surface area contributed by atoms with Crippen LogP contribution in [0.15, 0.2) is 22.9 Å². The second kappa shape index (κ2) is 5.51. The van der Waals surface area contributed by atoms with Crippen molar-refractivity contribution in [2.45, 2.75) is 39.7 Å². The minimum Gasteiger partial charge on any atom is -0.443 e. The van der Waals surface area contributed by atoms with Gasteiger partial charge < -0.3 is 9.73 Å². The van der Waals surface area contributed by atoms with Crippen LogP contribution in [0.25, 0.3) is 0 Å². The molecular formula is C14H18N4O3. The third-order valence-electron chi connectivity index (χ3n) is 3.01. The fraction of sp³-hybridized carbons (Fsp3) is 0.429. The Morgan fingerprint density at radius 3 is 2.67 bits per heavy atom. The van der Waals surface area contributed by atoms with Gasteiger partial charge in [-0.15, -0.1) is 0 Å². The van der Waals surface area contributed by atoms with Crippen LogP contribution in [0.5, 0.6) is 0 Å². The number of hydrogen-bond donors (Lipinski definition) is 1. The number of aryl methyl sites for hydroxylation is 1. The second-order valence-electron chi connectivity index (χ2n) is 5.80. The van der Waals surface area contributed by atoms with E-state index in [1.165, 1.54) is 6.20 Å². The SMILES string of the molecule is Cc1ccnc(NCc2ncc(C(C)(C)C)o2)c1[N+](=O)[O-]. The Hall–Kier alpha value is -2.44. The molecule has 0 aliphatic carbocycles. The molecule has 0 spiro atoms. The monoisotopic (exact) mass is 290 g/mol. The van der Waals surface area contributed by atoms with Gasteiger partial charge in [0.1, 0.15) is 5.76 Å². The highest BCUT2D eigenvalue weighted by Crippen LogP contribution is 2.26. The summed E-state index contributed by atoms with van der Waals surface area (Å²) in [5.74, 6) is 1.46. The summed E-state index contributed by atoms with van der Waals surface area (Å²) >= 11 is 0. The van der Waals surface area contributed by atoms with Crippen LogP contribution in [0, 0.1) is 17.0 Å². The Balaban J connectivity index is 2.16. The molecule has 0 saturated carbocycles. The number of aromatic nitrogens is 2. The minimum absolute atomic E-state index is 0.0277. The molecule has 2 heterocycles. The number of nitrogens with one attached hydrogen (secondary N) is 1. The molecule has 2 aromatic heterocycles. The predicted molar refractivity (Wildman–Crippen MR) is 78.2 cm³/mol. The zero-order valence-corrected chi connectivity index (χ0v) is 12.5. The lowest BCUT2D eigenvalue weighted by atomic mass is 9.94. The first-order valence-corrected chi connectivity index (χ1v) is 6.58. The number of nitrogens with zero attached hydrogens (tertiary/aromatic N) is 3. The molecule has 7 nitrogen and oxygen atoms in total. The van der Waals surface area contributed by atoms with Gasteiger partial charge in [-0.3, -0.25) is 10.1 Å². The van der Waals surface area contributed by atoms with Crippen LogP contribution in [0.1, 0.15) is 38.0 Å². The van der Waals surface area contributed by atoms with Crippen molar-refractivity contribution in [1.82, 2.24) is 9.97 Å². The molecule has 0 amide bonds. The summed E-state index contributed by atoms with van der Waals surface area (Å²) in [7, 11) is 0. The van der Waals surface area contributed by atoms with Crippen molar-refractivity contribution in [3.05, 3.63) is 45.8 Å². The minimum atomic E-state index is -0.444. The van der Waals surface area contributed by atoms with Crippen molar-refractivity contribution in [1.29, 1.82) is 0 Å². The van der Waals surface area contributed by atoms with Crippen LogP contribution in [0.3, 0.4) is 0 Å². The predicted octanol–water partition coefficient (Wildman–Crippen LogP) is 3.20. The van der Waals surface area contributed by atoms with Crippen molar-refractivity contribution in [2.75, 3.05) is 5.32 Å². The Morgan fingerprint density at radius 2 is 2.10 bits per heavy atom. The van der Waals surface area contributed by atoms with Gasteiger partial charge in [0.25, 0.3) is 0 Å². The standard InChI is InChI=1S/C14H18N4O3/c1-9-5-6-15-13(12(9)18(19)20)17-8-11-16-7-10(21-11)14(2,3)4/h5-7H,8H2,1-4H3,(H,15,17). The van der Waals surface area contributed by atoms with E-state index >= 15 is 0 Å². The first kappa shape index (κ1) is 15.0. The van der Waals surface area contributed by atoms with E-state index in [-0.39, 0.29) is 23.5 Å². The number of anilines is 1. The van der Waals surface area contributed by atoms with E-state index < -0.39 is 4.92 Å². The summed E-state index contributed by atoms with van der Waals surface area (Å²) in [6.45, 7) is 7.99. The maximum absolute atomic E-state index is 11.1. The van der Waals surface area contributed by atoms with E-state index in [0.29, 0.717) is 11.5 Å². The van der Waals surface area contributed by atoms with Gasteiger partial charge >= 0.3 is 5.69 Å². The maximum Gasteiger partial charge on any atom is 0.314 e. The molecule has 112 valence electrons. The van der Waals surface area contributed by atoms with Crippen LogP contribution in [-0.2, 0) is 12.0 Å². The molecule has 7 heteroatoms. The highest BCUT2D eigenvalue weighted by atomic mass is 16.6. The number of oxazole rings is 1. The van der Waals surface area contributed by atoms with Gasteiger partial charge in [-0.05, 0) is 13.0 Å². The molecule has 21 heavy (non-hydrogen) atoms. The van der Waals surface area contributed by atoms with Crippen molar-refractivity contribution in [2.24, 2.45) is 0 Å². The summed E-state index contributed by atoms with van der Waals surface area (Å²) in [6, 6.07) is 1.60. The number of hydrogen-bond acceptors (Lipinski definition) is 6. The van der Waals surface area contributed by atoms with Crippen molar-refractivity contribution >= 4 is 11.5 Å². The summed E-state index contributed by atoms with van der Waals surface area (Å²) in [5.41, 5.74) is 0.402. The zero-order chi connectivity index (χ0) is 15.6. The molecule has 0 unspecified atom stereocenters. The van der Waals surface area contributed by atoms with E-state index in [1.807, 2.05) is 20.8 Å². The van der Waals surface area contributed by atoms with Crippen LogP contribution in [0.4, 0.5) is 11.5 Å². The Morgan fingerprint density at radius 1 is 1.38 bits per heavy atom. The second-order valence-corrected chi connectivity index (χ2v) is 5.80. The van der Waals surface area contributed by atoms with Gasteiger partial charge in [0, 0.05) is 17.2 Å². The molecule has 0 aromatic carbocycles. The Kier molecular flexibility index (Phi) is 3.93. The smallest absolute Gasteiger partial charge is 0.314 e. The highest BCUT2D eigenvalue weighted by Gasteiger charge is 2.21. The van der Waals surface area contributed by atoms with Crippen LogP contribution in [-0.4, -0.2) is 14.9 Å². The molecule has 0 aliphatic rings. The fourth-order valence-electron chi connectivity index (χ4n) is 1.81. The first-order chi connectivity index (χ1) is 9.79. The van der Waals surface area contributed by atoms with Gasteiger partial charge in [-0.25, -0.2) is 9.97 Å². The van der Waals surface area contributed by atoms with Crippen LogP contribution in [0.2, 0.25) is 0 Å². The fourth-order valence-corrected chi connectivity index (χ4v) is 1.81. The lowest BCUT2D eigenvalue weighted by Gasteiger charge is -2.13. The molecule has 2 rings (SSSR count). The van der Waals surface area contributed by atoms with Crippen LogP contribution >= 0.6 is 0 Å². The topological polar surface area (TPSA) is 94.1 Å². The summed E-state index contributed by atoms with van der Waals surface area (Å²) in [6.07, 6.45) is 3.20. The van der Waals surface area contributed by atoms with Gasteiger partial charge in [-0.2, -0.15) is 0 Å². The van der Waals surface area contributed by atoms with E-state index in [4.69, 9.17) is 4.42 Å². The lowest BCUT2D eigenvalue weighted by molar-refractivity contribution is -0.384. The molecule has 1 N–H and O–H groups in total. The van der Waals surface area contributed by atoms with Gasteiger partial charge in [0.15, 0.2) is 0 Å². The maximum atomic E-state index is 11.1. The third-order valence-corrected chi connectivity index (χ3v) is 3.01. The molecule has 0 aliphatic heterocycles. The first-order valence-electron chi connectivity index (χ1n) is 6.58. The average molecular weight is 290 g/mol. The van der Waals surface area contributed by atoms with Gasteiger partial charge in [-0.1, -0.05) is 20.8 Å². The van der Waals surface area contributed by atoms with Crippen molar-refractivity contribution in [3.8, 4) is 0 Å². The molecular weight excluding hydrogens is 272 g/mol. The zero-order valence-electron chi connectivity index (χ0n) is 12.5. The molecule has 0 atom stereocenters. The normalized spacial score (nSPS) is 11.4. The number of nitro groups is 1. The molecule has 0 bridgehead atoms. The van der Waals surface area contributed by atoms with Crippen molar-refractivity contribution < 1.29 is 9.34 Å². The Bertz CT molecular complexity index is 658. The highest BCUT2D eigenvalue weighted by molar-refractivity contribution is 5.59. The molecule has 2 aromatic rings. The number of pyridine rings is 1. The third kappa shape index (κ3) is 3.36. The molecule has 0 fully saturated rings. The van der Waals surface area contributed by atoms with E-state index in [2.05, 4.69) is 15.3 Å². The van der Waals surface area contributed by atoms with Gasteiger partial charge in [0.05, 0.1) is 17.7 Å². The van der Waals surface area contributed by atoms with Gasteiger partial charge in [0.2, 0.25) is 11.7 Å². The van der Waals surface area contributed by atoms with Crippen LogP contribution < -0.4 is 5.32 Å². The average Bonchev–Trinajstić information content (AvgIpc) is 2.84. The lowest BCUT2D eigenvalue weighted by Crippen LogP contribution is -2.09.